The molecule has 0 saturated carbocycles. The highest BCUT2D eigenvalue weighted by molar-refractivity contribution is 6.17. The van der Waals surface area contributed by atoms with Gasteiger partial charge in [-0.3, -0.25) is 4.90 Å². The summed E-state index contributed by atoms with van der Waals surface area (Å²) >= 11 is 5.52. The van der Waals surface area contributed by atoms with Crippen molar-refractivity contribution >= 4 is 11.6 Å². The van der Waals surface area contributed by atoms with E-state index in [1.54, 1.807) is 0 Å². The van der Waals surface area contributed by atoms with E-state index < -0.39 is 12.7 Å². The zero-order chi connectivity index (χ0) is 9.90. The van der Waals surface area contributed by atoms with Crippen molar-refractivity contribution in [2.75, 3.05) is 25.5 Å². The molecule has 0 N–H and O–H groups in total. The molecule has 0 radical (unpaired) electrons. The zero-order valence-electron chi connectivity index (χ0n) is 7.28. The Labute approximate surface area is 80.8 Å². The zero-order valence-corrected chi connectivity index (χ0v) is 8.03. The van der Waals surface area contributed by atoms with Crippen molar-refractivity contribution in [3.05, 3.63) is 0 Å². The molecule has 0 amide bonds. The van der Waals surface area contributed by atoms with E-state index in [9.17, 15) is 13.2 Å². The summed E-state index contributed by atoms with van der Waals surface area (Å²) in [4.78, 5) is 1.46. The van der Waals surface area contributed by atoms with Crippen LogP contribution in [0, 0.1) is 5.92 Å². The van der Waals surface area contributed by atoms with E-state index >= 15 is 0 Å². The van der Waals surface area contributed by atoms with Crippen molar-refractivity contribution in [2.24, 2.45) is 5.92 Å². The van der Waals surface area contributed by atoms with Gasteiger partial charge in [-0.25, -0.2) is 0 Å². The number of likely N-dealkylation sites (tertiary alicyclic amines) is 1. The highest BCUT2D eigenvalue weighted by atomic mass is 35.5. The van der Waals surface area contributed by atoms with Gasteiger partial charge in [0.2, 0.25) is 0 Å². The predicted molar refractivity (Wildman–Crippen MR) is 45.9 cm³/mol. The van der Waals surface area contributed by atoms with Gasteiger partial charge in [-0.1, -0.05) is 0 Å². The van der Waals surface area contributed by atoms with Crippen LogP contribution in [0.15, 0.2) is 0 Å². The summed E-state index contributed by atoms with van der Waals surface area (Å²) in [6.07, 6.45) is -2.38. The van der Waals surface area contributed by atoms with Gasteiger partial charge in [0, 0.05) is 12.4 Å². The lowest BCUT2D eigenvalue weighted by Gasteiger charge is -2.17. The van der Waals surface area contributed by atoms with Gasteiger partial charge in [0.25, 0.3) is 0 Å². The van der Waals surface area contributed by atoms with Gasteiger partial charge in [-0.15, -0.1) is 11.6 Å². The molecule has 1 nitrogen and oxygen atoms in total. The summed E-state index contributed by atoms with van der Waals surface area (Å²) in [7, 11) is 0. The van der Waals surface area contributed by atoms with Crippen LogP contribution in [0.1, 0.15) is 12.8 Å². The molecule has 1 aliphatic heterocycles. The van der Waals surface area contributed by atoms with Gasteiger partial charge in [-0.05, 0) is 25.3 Å². The quantitative estimate of drug-likeness (QED) is 0.654. The van der Waals surface area contributed by atoms with Gasteiger partial charge < -0.3 is 0 Å². The van der Waals surface area contributed by atoms with Gasteiger partial charge in [0.15, 0.2) is 0 Å². The van der Waals surface area contributed by atoms with Crippen molar-refractivity contribution < 1.29 is 13.2 Å². The van der Waals surface area contributed by atoms with Crippen molar-refractivity contribution in [3.8, 4) is 0 Å². The Bertz CT molecular complexity index is 160. The molecule has 0 spiro atoms. The molecule has 0 bridgehead atoms. The first-order valence-corrected chi connectivity index (χ1v) is 4.90. The first-order valence-electron chi connectivity index (χ1n) is 4.36. The molecule has 1 heterocycles. The van der Waals surface area contributed by atoms with Gasteiger partial charge in [0.05, 0.1) is 6.54 Å². The van der Waals surface area contributed by atoms with Crippen molar-refractivity contribution in [1.29, 1.82) is 0 Å². The second-order valence-corrected chi connectivity index (χ2v) is 3.86. The van der Waals surface area contributed by atoms with Crippen LogP contribution in [0.2, 0.25) is 0 Å². The number of hydrogen-bond donors (Lipinski definition) is 0. The third-order valence-electron chi connectivity index (χ3n) is 2.29. The van der Waals surface area contributed by atoms with Gasteiger partial charge >= 0.3 is 6.18 Å². The number of alkyl halides is 4. The Morgan fingerprint density at radius 3 is 2.62 bits per heavy atom. The predicted octanol–water partition coefficient (Wildman–Crippen LogP) is 2.50. The fourth-order valence-corrected chi connectivity index (χ4v) is 2.01. The Hall–Kier alpha value is 0.0400. The normalized spacial score (nSPS) is 25.4. The first kappa shape index (κ1) is 11.1. The molecule has 1 fully saturated rings. The summed E-state index contributed by atoms with van der Waals surface area (Å²) in [5.74, 6) is 0.907. The number of rotatable bonds is 3. The number of halogens is 4. The summed E-state index contributed by atoms with van der Waals surface area (Å²) in [5.41, 5.74) is 0. The molecule has 0 aromatic carbocycles. The fraction of sp³-hybridized carbons (Fsp3) is 1.00. The molecule has 13 heavy (non-hydrogen) atoms. The summed E-state index contributed by atoms with van der Waals surface area (Å²) < 4.78 is 35.9. The van der Waals surface area contributed by atoms with E-state index in [-0.39, 0.29) is 0 Å². The molecule has 1 atom stereocenters. The molecule has 5 heteroatoms. The molecular formula is C8H13ClF3N. The minimum atomic E-state index is -4.06. The first-order chi connectivity index (χ1) is 6.01. The van der Waals surface area contributed by atoms with E-state index in [4.69, 9.17) is 11.6 Å². The number of hydrogen-bond acceptors (Lipinski definition) is 1. The smallest absolute Gasteiger partial charge is 0.295 e. The van der Waals surface area contributed by atoms with Crippen LogP contribution in [-0.4, -0.2) is 36.6 Å². The monoisotopic (exact) mass is 215 g/mol. The molecule has 1 saturated heterocycles. The molecular weight excluding hydrogens is 203 g/mol. The van der Waals surface area contributed by atoms with E-state index in [0.29, 0.717) is 24.9 Å². The van der Waals surface area contributed by atoms with E-state index in [2.05, 4.69) is 0 Å². The average molecular weight is 216 g/mol. The molecule has 1 aliphatic rings. The van der Waals surface area contributed by atoms with Crippen molar-refractivity contribution in [1.82, 2.24) is 4.90 Å². The van der Waals surface area contributed by atoms with Crippen LogP contribution in [-0.2, 0) is 0 Å². The lowest BCUT2D eigenvalue weighted by atomic mass is 10.1. The van der Waals surface area contributed by atoms with Crippen LogP contribution < -0.4 is 0 Å². The molecule has 0 aromatic heterocycles. The summed E-state index contributed by atoms with van der Waals surface area (Å²) in [6.45, 7) is 0.332. The maximum atomic E-state index is 12.0. The van der Waals surface area contributed by atoms with Crippen LogP contribution >= 0.6 is 11.6 Å². The second-order valence-electron chi connectivity index (χ2n) is 3.48. The van der Waals surface area contributed by atoms with Gasteiger partial charge in [0.1, 0.15) is 0 Å². The number of nitrogens with zero attached hydrogens (tertiary/aromatic N) is 1. The Kier molecular flexibility index (Phi) is 3.86. The maximum absolute atomic E-state index is 12.0. The second kappa shape index (κ2) is 4.51. The third-order valence-corrected chi connectivity index (χ3v) is 2.51. The van der Waals surface area contributed by atoms with E-state index in [0.717, 1.165) is 12.8 Å². The fourth-order valence-electron chi connectivity index (χ4n) is 1.70. The standard InChI is InChI=1S/C8H13ClF3N/c9-3-1-7-2-4-13(5-7)6-8(10,11)12/h7H,1-6H2. The highest BCUT2D eigenvalue weighted by Crippen LogP contribution is 2.24. The molecule has 1 rings (SSSR count). The summed E-state index contributed by atoms with van der Waals surface area (Å²) in [6, 6.07) is 0. The van der Waals surface area contributed by atoms with E-state index in [1.165, 1.54) is 4.90 Å². The van der Waals surface area contributed by atoms with Crippen LogP contribution in [0.4, 0.5) is 13.2 Å². The largest absolute Gasteiger partial charge is 0.401 e. The van der Waals surface area contributed by atoms with Crippen LogP contribution in [0.25, 0.3) is 0 Å². The Morgan fingerprint density at radius 1 is 1.38 bits per heavy atom. The summed E-state index contributed by atoms with van der Waals surface area (Å²) in [5, 5.41) is 0. The van der Waals surface area contributed by atoms with Gasteiger partial charge in [-0.2, -0.15) is 13.2 Å². The third kappa shape index (κ3) is 4.18. The topological polar surface area (TPSA) is 3.24 Å². The lowest BCUT2D eigenvalue weighted by Crippen LogP contribution is -2.32. The minimum absolute atomic E-state index is 0.361. The SMILES string of the molecule is FC(F)(F)CN1CCC(CCCl)C1. The Balaban J connectivity index is 2.25. The molecule has 78 valence electrons. The molecule has 1 unspecified atom stereocenters. The van der Waals surface area contributed by atoms with Crippen LogP contribution in [0.3, 0.4) is 0 Å². The van der Waals surface area contributed by atoms with Crippen molar-refractivity contribution in [2.45, 2.75) is 19.0 Å². The highest BCUT2D eigenvalue weighted by Gasteiger charge is 2.33. The molecule has 0 aliphatic carbocycles. The Morgan fingerprint density at radius 2 is 2.08 bits per heavy atom. The maximum Gasteiger partial charge on any atom is 0.401 e. The minimum Gasteiger partial charge on any atom is -0.295 e. The lowest BCUT2D eigenvalue weighted by molar-refractivity contribution is -0.143. The molecule has 0 aromatic rings. The average Bonchev–Trinajstić information content (AvgIpc) is 2.33. The van der Waals surface area contributed by atoms with Crippen LogP contribution in [0.5, 0.6) is 0 Å². The van der Waals surface area contributed by atoms with E-state index in [1.807, 2.05) is 0 Å². The van der Waals surface area contributed by atoms with Crippen molar-refractivity contribution in [3.63, 3.8) is 0 Å².